The highest BCUT2D eigenvalue weighted by Crippen LogP contribution is 2.48. The molecule has 2 amide bonds. The molecule has 0 heterocycles. The summed E-state index contributed by atoms with van der Waals surface area (Å²) in [5.41, 5.74) is 1.46. The molecule has 2 aromatic carbocycles. The van der Waals surface area contributed by atoms with Gasteiger partial charge in [-0.3, -0.25) is 9.59 Å². The van der Waals surface area contributed by atoms with Crippen LogP contribution in [0.3, 0.4) is 0 Å². The van der Waals surface area contributed by atoms with Crippen LogP contribution >= 0.6 is 0 Å². The summed E-state index contributed by atoms with van der Waals surface area (Å²) in [6.45, 7) is 0.559. The largest absolute Gasteiger partial charge is 0.484 e. The average molecular weight is 396 g/mol. The molecule has 0 spiro atoms. The second-order valence-corrected chi connectivity index (χ2v) is 7.87. The standard InChI is InChI=1S/C23H25FN2O3/c24-18-5-3-17(4-6-18)23(12-13-23)22(28)25-14-11-16-1-9-20(10-2-16)29-15-21(27)26-19-7-8-19/h1-6,9-10,19H,7-8,11-15H2,(H,25,28)(H,26,27). The lowest BCUT2D eigenvalue weighted by molar-refractivity contribution is -0.124. The molecular formula is C23H25FN2O3. The zero-order valence-corrected chi connectivity index (χ0v) is 16.2. The van der Waals surface area contributed by atoms with Gasteiger partial charge in [0, 0.05) is 12.6 Å². The second kappa shape index (κ2) is 8.23. The van der Waals surface area contributed by atoms with Crippen molar-refractivity contribution in [1.82, 2.24) is 10.6 Å². The molecule has 2 aromatic rings. The van der Waals surface area contributed by atoms with Crippen LogP contribution in [0.4, 0.5) is 4.39 Å². The lowest BCUT2D eigenvalue weighted by Gasteiger charge is -2.16. The number of ether oxygens (including phenoxy) is 1. The predicted octanol–water partition coefficient (Wildman–Crippen LogP) is 2.87. The van der Waals surface area contributed by atoms with Gasteiger partial charge in [-0.15, -0.1) is 0 Å². The Hall–Kier alpha value is -2.89. The van der Waals surface area contributed by atoms with Gasteiger partial charge in [0.25, 0.3) is 5.91 Å². The Morgan fingerprint density at radius 3 is 2.34 bits per heavy atom. The van der Waals surface area contributed by atoms with Crippen molar-refractivity contribution in [3.8, 4) is 5.75 Å². The minimum absolute atomic E-state index is 0.00531. The lowest BCUT2D eigenvalue weighted by Crippen LogP contribution is -2.35. The molecule has 5 nitrogen and oxygen atoms in total. The molecule has 0 bridgehead atoms. The molecule has 0 aromatic heterocycles. The number of rotatable bonds is 9. The molecule has 4 rings (SSSR count). The van der Waals surface area contributed by atoms with E-state index in [4.69, 9.17) is 4.74 Å². The Balaban J connectivity index is 1.21. The van der Waals surface area contributed by atoms with Gasteiger partial charge in [0.15, 0.2) is 6.61 Å². The first-order valence-corrected chi connectivity index (χ1v) is 10.1. The maximum Gasteiger partial charge on any atom is 0.258 e. The molecule has 6 heteroatoms. The number of hydrogen-bond acceptors (Lipinski definition) is 3. The summed E-state index contributed by atoms with van der Waals surface area (Å²) in [4.78, 5) is 24.3. The van der Waals surface area contributed by atoms with Gasteiger partial charge in [-0.05, 0) is 67.5 Å². The fourth-order valence-electron chi connectivity index (χ4n) is 3.43. The van der Waals surface area contributed by atoms with Crippen LogP contribution in [0.25, 0.3) is 0 Å². The van der Waals surface area contributed by atoms with Gasteiger partial charge in [0.1, 0.15) is 11.6 Å². The van der Waals surface area contributed by atoms with E-state index in [1.165, 1.54) is 12.1 Å². The van der Waals surface area contributed by atoms with Gasteiger partial charge in [-0.1, -0.05) is 24.3 Å². The van der Waals surface area contributed by atoms with Crippen molar-refractivity contribution >= 4 is 11.8 Å². The van der Waals surface area contributed by atoms with Crippen LogP contribution in [0.1, 0.15) is 36.8 Å². The predicted molar refractivity (Wildman–Crippen MR) is 107 cm³/mol. The third-order valence-corrected chi connectivity index (χ3v) is 5.52. The zero-order chi connectivity index (χ0) is 20.3. The van der Waals surface area contributed by atoms with E-state index in [2.05, 4.69) is 10.6 Å². The van der Waals surface area contributed by atoms with Gasteiger partial charge in [-0.25, -0.2) is 4.39 Å². The van der Waals surface area contributed by atoms with Crippen molar-refractivity contribution in [2.75, 3.05) is 13.2 Å². The minimum Gasteiger partial charge on any atom is -0.484 e. The molecule has 152 valence electrons. The zero-order valence-electron chi connectivity index (χ0n) is 16.2. The van der Waals surface area contributed by atoms with Crippen LogP contribution in [0.15, 0.2) is 48.5 Å². The third-order valence-electron chi connectivity index (χ3n) is 5.52. The van der Waals surface area contributed by atoms with E-state index in [0.29, 0.717) is 24.8 Å². The molecule has 0 radical (unpaired) electrons. The first kappa shape index (κ1) is 19.4. The van der Waals surface area contributed by atoms with E-state index < -0.39 is 5.41 Å². The highest BCUT2D eigenvalue weighted by molar-refractivity contribution is 5.91. The van der Waals surface area contributed by atoms with Crippen LogP contribution < -0.4 is 15.4 Å². The SMILES string of the molecule is O=C(COc1ccc(CCNC(=O)C2(c3ccc(F)cc3)CC2)cc1)NC1CC1. The van der Waals surface area contributed by atoms with Gasteiger partial charge in [-0.2, -0.15) is 0 Å². The molecule has 2 N–H and O–H groups in total. The van der Waals surface area contributed by atoms with Crippen molar-refractivity contribution in [2.24, 2.45) is 0 Å². The summed E-state index contributed by atoms with van der Waals surface area (Å²) < 4.78 is 18.6. The minimum atomic E-state index is -0.494. The number of halogens is 1. The van der Waals surface area contributed by atoms with Crippen molar-refractivity contribution in [3.05, 3.63) is 65.5 Å². The van der Waals surface area contributed by atoms with Gasteiger partial charge < -0.3 is 15.4 Å². The summed E-state index contributed by atoms with van der Waals surface area (Å²) in [6, 6.07) is 14.1. The van der Waals surface area contributed by atoms with Gasteiger partial charge in [0.2, 0.25) is 5.91 Å². The number of carbonyl (C=O) groups excluding carboxylic acids is 2. The fourth-order valence-corrected chi connectivity index (χ4v) is 3.43. The Bertz CT molecular complexity index is 872. The summed E-state index contributed by atoms with van der Waals surface area (Å²) in [5.74, 6) is 0.276. The first-order chi connectivity index (χ1) is 14.0. The molecule has 2 saturated carbocycles. The molecule has 0 saturated heterocycles. The van der Waals surface area contributed by atoms with E-state index in [1.54, 1.807) is 12.1 Å². The Kier molecular flexibility index (Phi) is 5.51. The maximum absolute atomic E-state index is 13.1. The Morgan fingerprint density at radius 1 is 1.03 bits per heavy atom. The van der Waals surface area contributed by atoms with E-state index in [-0.39, 0.29) is 24.2 Å². The number of hydrogen-bond donors (Lipinski definition) is 2. The van der Waals surface area contributed by atoms with E-state index >= 15 is 0 Å². The van der Waals surface area contributed by atoms with Gasteiger partial charge >= 0.3 is 0 Å². The van der Waals surface area contributed by atoms with Crippen molar-refractivity contribution < 1.29 is 18.7 Å². The normalized spacial score (nSPS) is 16.7. The molecule has 29 heavy (non-hydrogen) atoms. The third kappa shape index (κ3) is 4.94. The molecular weight excluding hydrogens is 371 g/mol. The number of amides is 2. The summed E-state index contributed by atoms with van der Waals surface area (Å²) >= 11 is 0. The quantitative estimate of drug-likeness (QED) is 0.685. The van der Waals surface area contributed by atoms with Crippen LogP contribution in [0.2, 0.25) is 0 Å². The van der Waals surface area contributed by atoms with Crippen LogP contribution in [0.5, 0.6) is 5.75 Å². The smallest absolute Gasteiger partial charge is 0.258 e. The Labute approximate surface area is 169 Å². The fraction of sp³-hybridized carbons (Fsp3) is 0.391. The first-order valence-electron chi connectivity index (χ1n) is 10.1. The average Bonchev–Trinajstić information content (AvgIpc) is 3.63. The van der Waals surface area contributed by atoms with Crippen molar-refractivity contribution in [1.29, 1.82) is 0 Å². The molecule has 0 atom stereocenters. The molecule has 2 aliphatic rings. The molecule has 0 aliphatic heterocycles. The molecule has 2 aliphatic carbocycles. The summed E-state index contributed by atoms with van der Waals surface area (Å²) in [7, 11) is 0. The monoisotopic (exact) mass is 396 g/mol. The van der Waals surface area contributed by atoms with Crippen LogP contribution in [-0.2, 0) is 21.4 Å². The van der Waals surface area contributed by atoms with Crippen LogP contribution in [-0.4, -0.2) is 31.0 Å². The van der Waals surface area contributed by atoms with E-state index in [0.717, 1.165) is 36.8 Å². The van der Waals surface area contributed by atoms with E-state index in [1.807, 2.05) is 24.3 Å². The second-order valence-electron chi connectivity index (χ2n) is 7.87. The number of benzene rings is 2. The highest BCUT2D eigenvalue weighted by atomic mass is 19.1. The van der Waals surface area contributed by atoms with Crippen LogP contribution in [0, 0.1) is 5.82 Å². The number of nitrogens with one attached hydrogen (secondary N) is 2. The highest BCUT2D eigenvalue weighted by Gasteiger charge is 2.50. The van der Waals surface area contributed by atoms with Crippen molar-refractivity contribution in [2.45, 2.75) is 43.6 Å². The molecule has 2 fully saturated rings. The topological polar surface area (TPSA) is 67.4 Å². The maximum atomic E-state index is 13.1. The summed E-state index contributed by atoms with van der Waals surface area (Å²) in [6.07, 6.45) is 4.41. The molecule has 0 unspecified atom stereocenters. The number of carbonyl (C=O) groups is 2. The summed E-state index contributed by atoms with van der Waals surface area (Å²) in [5, 5.41) is 5.89. The Morgan fingerprint density at radius 2 is 1.72 bits per heavy atom. The van der Waals surface area contributed by atoms with E-state index in [9.17, 15) is 14.0 Å². The lowest BCUT2D eigenvalue weighted by atomic mass is 9.95. The van der Waals surface area contributed by atoms with Crippen molar-refractivity contribution in [3.63, 3.8) is 0 Å². The van der Waals surface area contributed by atoms with Gasteiger partial charge in [0.05, 0.1) is 5.41 Å².